The minimum Gasteiger partial charge on any atom is -0.497 e. The lowest BCUT2D eigenvalue weighted by Crippen LogP contribution is -2.33. The standard InChI is InChI=1S/C23H30N2O2/c1-18-10-12-25(13-11-18)17-21-8-4-3-7-20(21)16-24-23(26)15-19-6-5-9-22(14-19)27-2/h3-9,14,18H,10-13,15-17H2,1-2H3,(H,24,26). The molecule has 2 aromatic carbocycles. The van der Waals surface area contributed by atoms with E-state index in [2.05, 4.69) is 35.3 Å². The molecule has 27 heavy (non-hydrogen) atoms. The van der Waals surface area contributed by atoms with Crippen LogP contribution < -0.4 is 10.1 Å². The molecule has 0 aliphatic carbocycles. The number of benzene rings is 2. The van der Waals surface area contributed by atoms with Crippen molar-refractivity contribution >= 4 is 5.91 Å². The second-order valence-electron chi connectivity index (χ2n) is 7.53. The molecule has 0 aromatic heterocycles. The van der Waals surface area contributed by atoms with Crippen LogP contribution in [0.4, 0.5) is 0 Å². The van der Waals surface area contributed by atoms with Crippen LogP contribution >= 0.6 is 0 Å². The first-order valence-electron chi connectivity index (χ1n) is 9.83. The topological polar surface area (TPSA) is 41.6 Å². The number of methoxy groups -OCH3 is 1. The summed E-state index contributed by atoms with van der Waals surface area (Å²) in [5.74, 6) is 1.65. The van der Waals surface area contributed by atoms with Gasteiger partial charge in [0, 0.05) is 13.1 Å². The van der Waals surface area contributed by atoms with Gasteiger partial charge in [-0.25, -0.2) is 0 Å². The zero-order valence-electron chi connectivity index (χ0n) is 16.4. The molecule has 0 bridgehead atoms. The van der Waals surface area contributed by atoms with E-state index in [1.54, 1.807) is 7.11 Å². The van der Waals surface area contributed by atoms with Gasteiger partial charge in [-0.1, -0.05) is 43.3 Å². The third-order valence-electron chi connectivity index (χ3n) is 5.36. The number of rotatable bonds is 7. The highest BCUT2D eigenvalue weighted by Gasteiger charge is 2.16. The maximum atomic E-state index is 12.4. The van der Waals surface area contributed by atoms with Crippen molar-refractivity contribution in [2.24, 2.45) is 5.92 Å². The SMILES string of the molecule is COc1cccc(CC(=O)NCc2ccccc2CN2CCC(C)CC2)c1. The fourth-order valence-corrected chi connectivity index (χ4v) is 3.57. The molecule has 1 aliphatic heterocycles. The van der Waals surface area contributed by atoms with Gasteiger partial charge in [0.25, 0.3) is 0 Å². The zero-order valence-corrected chi connectivity index (χ0v) is 16.4. The molecule has 0 spiro atoms. The zero-order chi connectivity index (χ0) is 19.1. The molecule has 4 heteroatoms. The van der Waals surface area contributed by atoms with E-state index >= 15 is 0 Å². The van der Waals surface area contributed by atoms with Gasteiger partial charge in [0.1, 0.15) is 5.75 Å². The van der Waals surface area contributed by atoms with Gasteiger partial charge in [-0.15, -0.1) is 0 Å². The van der Waals surface area contributed by atoms with Crippen molar-refractivity contribution in [2.45, 2.75) is 39.3 Å². The van der Waals surface area contributed by atoms with Crippen molar-refractivity contribution in [3.8, 4) is 5.75 Å². The van der Waals surface area contributed by atoms with Crippen molar-refractivity contribution in [2.75, 3.05) is 20.2 Å². The summed E-state index contributed by atoms with van der Waals surface area (Å²) in [6.45, 7) is 6.20. The van der Waals surface area contributed by atoms with Crippen LogP contribution in [0.3, 0.4) is 0 Å². The van der Waals surface area contributed by atoms with Crippen LogP contribution in [-0.2, 0) is 24.3 Å². The molecule has 4 nitrogen and oxygen atoms in total. The number of carbonyl (C=O) groups is 1. The Balaban J connectivity index is 1.55. The van der Waals surface area contributed by atoms with E-state index < -0.39 is 0 Å². The molecule has 1 heterocycles. The summed E-state index contributed by atoms with van der Waals surface area (Å²) in [5.41, 5.74) is 3.48. The molecule has 144 valence electrons. The Bertz CT molecular complexity index is 752. The van der Waals surface area contributed by atoms with Gasteiger partial charge >= 0.3 is 0 Å². The van der Waals surface area contributed by atoms with E-state index in [1.165, 1.54) is 24.0 Å². The predicted octanol–water partition coefficient (Wildman–Crippen LogP) is 3.79. The van der Waals surface area contributed by atoms with Crippen LogP contribution in [0.15, 0.2) is 48.5 Å². The Hall–Kier alpha value is -2.33. The van der Waals surface area contributed by atoms with Crippen LogP contribution in [0.25, 0.3) is 0 Å². The number of piperidine rings is 1. The van der Waals surface area contributed by atoms with Crippen molar-refractivity contribution in [1.29, 1.82) is 0 Å². The van der Waals surface area contributed by atoms with Crippen LogP contribution in [0, 0.1) is 5.92 Å². The predicted molar refractivity (Wildman–Crippen MR) is 109 cm³/mol. The van der Waals surface area contributed by atoms with E-state index in [0.717, 1.165) is 36.9 Å². The fraction of sp³-hybridized carbons (Fsp3) is 0.435. The summed E-state index contributed by atoms with van der Waals surface area (Å²) < 4.78 is 5.22. The fourth-order valence-electron chi connectivity index (χ4n) is 3.57. The molecular weight excluding hydrogens is 336 g/mol. The Morgan fingerprint density at radius 2 is 1.85 bits per heavy atom. The van der Waals surface area contributed by atoms with Gasteiger partial charge in [0.05, 0.1) is 13.5 Å². The first-order chi connectivity index (χ1) is 13.1. The van der Waals surface area contributed by atoms with Gasteiger partial charge in [-0.3, -0.25) is 9.69 Å². The van der Waals surface area contributed by atoms with E-state index in [9.17, 15) is 4.79 Å². The first-order valence-corrected chi connectivity index (χ1v) is 9.83. The van der Waals surface area contributed by atoms with Gasteiger partial charge in [-0.2, -0.15) is 0 Å². The Morgan fingerprint density at radius 1 is 1.11 bits per heavy atom. The van der Waals surface area contributed by atoms with E-state index in [1.807, 2.05) is 30.3 Å². The number of nitrogens with one attached hydrogen (secondary N) is 1. The molecule has 0 unspecified atom stereocenters. The lowest BCUT2D eigenvalue weighted by atomic mass is 9.98. The molecule has 2 aromatic rings. The van der Waals surface area contributed by atoms with Crippen molar-refractivity contribution in [3.05, 3.63) is 65.2 Å². The molecular formula is C23H30N2O2. The minimum absolute atomic E-state index is 0.0323. The number of nitrogens with zero attached hydrogens (tertiary/aromatic N) is 1. The monoisotopic (exact) mass is 366 g/mol. The molecule has 0 saturated carbocycles. The van der Waals surface area contributed by atoms with Crippen molar-refractivity contribution < 1.29 is 9.53 Å². The molecule has 1 amide bonds. The maximum Gasteiger partial charge on any atom is 0.224 e. The van der Waals surface area contributed by atoms with Crippen molar-refractivity contribution in [3.63, 3.8) is 0 Å². The second kappa shape index (κ2) is 9.56. The second-order valence-corrected chi connectivity index (χ2v) is 7.53. The van der Waals surface area contributed by atoms with Gasteiger partial charge in [-0.05, 0) is 60.7 Å². The van der Waals surface area contributed by atoms with Gasteiger partial charge in [0.15, 0.2) is 0 Å². The summed E-state index contributed by atoms with van der Waals surface area (Å²) in [6.07, 6.45) is 2.92. The maximum absolute atomic E-state index is 12.4. The molecule has 1 N–H and O–H groups in total. The first kappa shape index (κ1) is 19.4. The van der Waals surface area contributed by atoms with Crippen molar-refractivity contribution in [1.82, 2.24) is 10.2 Å². The summed E-state index contributed by atoms with van der Waals surface area (Å²) in [6, 6.07) is 16.1. The van der Waals surface area contributed by atoms with Gasteiger partial charge in [0.2, 0.25) is 5.91 Å². The van der Waals surface area contributed by atoms with E-state index in [-0.39, 0.29) is 5.91 Å². The third-order valence-corrected chi connectivity index (χ3v) is 5.36. The van der Waals surface area contributed by atoms with Crippen LogP contribution in [0.5, 0.6) is 5.75 Å². The number of ether oxygens (including phenoxy) is 1. The van der Waals surface area contributed by atoms with E-state index in [4.69, 9.17) is 4.74 Å². The number of amides is 1. The quantitative estimate of drug-likeness (QED) is 0.811. The lowest BCUT2D eigenvalue weighted by Gasteiger charge is -2.30. The van der Waals surface area contributed by atoms with Crippen LogP contribution in [0.2, 0.25) is 0 Å². The highest BCUT2D eigenvalue weighted by atomic mass is 16.5. The average molecular weight is 367 g/mol. The largest absolute Gasteiger partial charge is 0.497 e. The Morgan fingerprint density at radius 3 is 2.59 bits per heavy atom. The molecule has 3 rings (SSSR count). The average Bonchev–Trinajstić information content (AvgIpc) is 2.69. The highest BCUT2D eigenvalue weighted by Crippen LogP contribution is 2.20. The molecule has 1 aliphatic rings. The summed E-state index contributed by atoms with van der Waals surface area (Å²) in [4.78, 5) is 14.9. The molecule has 1 fully saturated rings. The van der Waals surface area contributed by atoms with Crippen LogP contribution in [-0.4, -0.2) is 31.0 Å². The third kappa shape index (κ3) is 5.83. The Labute approximate surface area is 162 Å². The minimum atomic E-state index is 0.0323. The number of carbonyl (C=O) groups excluding carboxylic acids is 1. The van der Waals surface area contributed by atoms with Gasteiger partial charge < -0.3 is 10.1 Å². The number of hydrogen-bond acceptors (Lipinski definition) is 3. The normalized spacial score (nSPS) is 15.5. The smallest absolute Gasteiger partial charge is 0.224 e. The summed E-state index contributed by atoms with van der Waals surface area (Å²) in [5, 5.41) is 3.07. The number of likely N-dealkylation sites (tertiary alicyclic amines) is 1. The van der Waals surface area contributed by atoms with Crippen LogP contribution in [0.1, 0.15) is 36.5 Å². The molecule has 0 atom stereocenters. The van der Waals surface area contributed by atoms with E-state index in [0.29, 0.717) is 13.0 Å². The summed E-state index contributed by atoms with van der Waals surface area (Å²) >= 11 is 0. The number of hydrogen-bond donors (Lipinski definition) is 1. The molecule has 0 radical (unpaired) electrons. The highest BCUT2D eigenvalue weighted by molar-refractivity contribution is 5.78. The summed E-state index contributed by atoms with van der Waals surface area (Å²) in [7, 11) is 1.64. The lowest BCUT2D eigenvalue weighted by molar-refractivity contribution is -0.120. The molecule has 1 saturated heterocycles. The Kier molecular flexibility index (Phi) is 6.88.